The maximum Gasteiger partial charge on any atom is 0.120 e. The van der Waals surface area contributed by atoms with Crippen LogP contribution in [0.15, 0.2) is 42.6 Å². The monoisotopic (exact) mass is 253 g/mol. The second kappa shape index (κ2) is 4.74. The number of fused-ring (bicyclic) bond motifs is 1. The van der Waals surface area contributed by atoms with E-state index in [2.05, 4.69) is 16.0 Å². The molecule has 3 N–H and O–H groups in total. The van der Waals surface area contributed by atoms with Crippen molar-refractivity contribution in [1.29, 1.82) is 0 Å². The molecule has 0 fully saturated rings. The molecule has 0 aliphatic rings. The van der Waals surface area contributed by atoms with Crippen molar-refractivity contribution in [2.75, 3.05) is 7.11 Å². The van der Waals surface area contributed by atoms with E-state index in [0.717, 1.165) is 33.6 Å². The first-order chi connectivity index (χ1) is 9.30. The average molecular weight is 253 g/mol. The van der Waals surface area contributed by atoms with Crippen LogP contribution in [0, 0.1) is 0 Å². The zero-order valence-electron chi connectivity index (χ0n) is 10.7. The topological polar surface area (TPSA) is 63.9 Å². The average Bonchev–Trinajstić information content (AvgIpc) is 2.90. The molecule has 3 aromatic rings. The molecule has 0 radical (unpaired) electrons. The Labute approximate surface area is 111 Å². The quantitative estimate of drug-likeness (QED) is 0.754. The van der Waals surface area contributed by atoms with Crippen molar-refractivity contribution in [1.82, 2.24) is 9.97 Å². The summed E-state index contributed by atoms with van der Waals surface area (Å²) in [6, 6.07) is 12.0. The zero-order chi connectivity index (χ0) is 13.2. The van der Waals surface area contributed by atoms with E-state index in [0.29, 0.717) is 6.54 Å². The van der Waals surface area contributed by atoms with Crippen LogP contribution in [-0.4, -0.2) is 17.1 Å². The summed E-state index contributed by atoms with van der Waals surface area (Å²) in [6.07, 6.45) is 1.81. The molecule has 1 aromatic carbocycles. The molecular formula is C15H15N3O. The Morgan fingerprint density at radius 2 is 2.11 bits per heavy atom. The van der Waals surface area contributed by atoms with E-state index in [9.17, 15) is 0 Å². The third-order valence-electron chi connectivity index (χ3n) is 3.17. The van der Waals surface area contributed by atoms with Gasteiger partial charge in [-0.15, -0.1) is 0 Å². The summed E-state index contributed by atoms with van der Waals surface area (Å²) in [5, 5.41) is 1.14. The highest BCUT2D eigenvalue weighted by Crippen LogP contribution is 2.25. The Morgan fingerprint density at radius 3 is 2.79 bits per heavy atom. The summed E-state index contributed by atoms with van der Waals surface area (Å²) in [5.74, 6) is 0.840. The van der Waals surface area contributed by atoms with Gasteiger partial charge in [-0.05, 0) is 29.8 Å². The third-order valence-corrected chi connectivity index (χ3v) is 3.17. The Morgan fingerprint density at radius 1 is 1.21 bits per heavy atom. The van der Waals surface area contributed by atoms with Crippen LogP contribution in [0.3, 0.4) is 0 Å². The molecule has 2 heterocycles. The minimum absolute atomic E-state index is 0.511. The van der Waals surface area contributed by atoms with E-state index < -0.39 is 0 Å². The van der Waals surface area contributed by atoms with E-state index in [1.807, 2.05) is 30.3 Å². The molecule has 0 bridgehead atoms. The third kappa shape index (κ3) is 2.18. The van der Waals surface area contributed by atoms with Crippen LogP contribution in [0.2, 0.25) is 0 Å². The van der Waals surface area contributed by atoms with Gasteiger partial charge in [0.2, 0.25) is 0 Å². The number of aromatic amines is 1. The summed E-state index contributed by atoms with van der Waals surface area (Å²) in [5.41, 5.74) is 9.54. The van der Waals surface area contributed by atoms with Gasteiger partial charge in [-0.2, -0.15) is 0 Å². The van der Waals surface area contributed by atoms with Gasteiger partial charge in [0.1, 0.15) is 5.75 Å². The van der Waals surface area contributed by atoms with Crippen LogP contribution < -0.4 is 10.5 Å². The van der Waals surface area contributed by atoms with Gasteiger partial charge in [-0.1, -0.05) is 6.07 Å². The van der Waals surface area contributed by atoms with Crippen LogP contribution in [0.25, 0.3) is 22.3 Å². The van der Waals surface area contributed by atoms with Crippen LogP contribution in [-0.2, 0) is 6.54 Å². The van der Waals surface area contributed by atoms with Crippen LogP contribution in [0.5, 0.6) is 5.75 Å². The van der Waals surface area contributed by atoms with Gasteiger partial charge in [-0.3, -0.25) is 4.98 Å². The van der Waals surface area contributed by atoms with Crippen LogP contribution in [0.1, 0.15) is 5.56 Å². The van der Waals surface area contributed by atoms with Crippen molar-refractivity contribution in [3.63, 3.8) is 0 Å². The molecule has 4 heteroatoms. The van der Waals surface area contributed by atoms with E-state index in [4.69, 9.17) is 10.5 Å². The van der Waals surface area contributed by atoms with Gasteiger partial charge in [0.05, 0.1) is 18.5 Å². The molecule has 0 atom stereocenters. The maximum absolute atomic E-state index is 5.57. The number of hydrogen-bond acceptors (Lipinski definition) is 3. The number of pyridine rings is 1. The Bertz CT molecular complexity index is 701. The molecule has 0 aliphatic carbocycles. The van der Waals surface area contributed by atoms with Crippen molar-refractivity contribution in [2.45, 2.75) is 6.54 Å². The predicted octanol–water partition coefficient (Wildman–Crippen LogP) is 2.70. The number of aromatic nitrogens is 2. The summed E-state index contributed by atoms with van der Waals surface area (Å²) < 4.78 is 5.22. The Hall–Kier alpha value is -2.33. The van der Waals surface area contributed by atoms with Gasteiger partial charge in [-0.25, -0.2) is 0 Å². The van der Waals surface area contributed by atoms with Crippen molar-refractivity contribution in [2.24, 2.45) is 5.73 Å². The summed E-state index contributed by atoms with van der Waals surface area (Å²) in [4.78, 5) is 7.77. The molecular weight excluding hydrogens is 238 g/mol. The first kappa shape index (κ1) is 11.7. The van der Waals surface area contributed by atoms with Crippen LogP contribution in [0.4, 0.5) is 0 Å². The van der Waals surface area contributed by atoms with Crippen LogP contribution >= 0.6 is 0 Å². The molecule has 96 valence electrons. The van der Waals surface area contributed by atoms with Gasteiger partial charge >= 0.3 is 0 Å². The number of nitrogens with one attached hydrogen (secondary N) is 1. The van der Waals surface area contributed by atoms with E-state index in [-0.39, 0.29) is 0 Å². The molecule has 0 aliphatic heterocycles. The van der Waals surface area contributed by atoms with Crippen molar-refractivity contribution in [3.8, 4) is 17.1 Å². The lowest BCUT2D eigenvalue weighted by Crippen LogP contribution is -1.96. The van der Waals surface area contributed by atoms with Gasteiger partial charge in [0.25, 0.3) is 0 Å². The summed E-state index contributed by atoms with van der Waals surface area (Å²) in [7, 11) is 1.66. The largest absolute Gasteiger partial charge is 0.497 e. The fraction of sp³-hybridized carbons (Fsp3) is 0.133. The second-order valence-electron chi connectivity index (χ2n) is 4.39. The number of nitrogens with two attached hydrogens (primary N) is 1. The first-order valence-electron chi connectivity index (χ1n) is 6.12. The number of hydrogen-bond donors (Lipinski definition) is 2. The molecule has 4 nitrogen and oxygen atoms in total. The summed E-state index contributed by atoms with van der Waals surface area (Å²) >= 11 is 0. The highest BCUT2D eigenvalue weighted by Gasteiger charge is 2.05. The standard InChI is InChI=1S/C15H15N3O/c1-19-12-4-3-11-6-15(18-14(11)7-12)13-5-2-10(8-16)9-17-13/h2-7,9,18H,8,16H2,1H3. The van der Waals surface area contributed by atoms with Crippen molar-refractivity contribution < 1.29 is 4.74 Å². The minimum atomic E-state index is 0.511. The lowest BCUT2D eigenvalue weighted by Gasteiger charge is -1.99. The highest BCUT2D eigenvalue weighted by molar-refractivity contribution is 5.86. The second-order valence-corrected chi connectivity index (χ2v) is 4.39. The fourth-order valence-electron chi connectivity index (χ4n) is 2.08. The predicted molar refractivity (Wildman–Crippen MR) is 76.0 cm³/mol. The van der Waals surface area contributed by atoms with Crippen molar-refractivity contribution in [3.05, 3.63) is 48.2 Å². The zero-order valence-corrected chi connectivity index (χ0v) is 10.7. The Balaban J connectivity index is 2.04. The van der Waals surface area contributed by atoms with Gasteiger partial charge in [0.15, 0.2) is 0 Å². The number of benzene rings is 1. The lowest BCUT2D eigenvalue weighted by molar-refractivity contribution is 0.415. The Kier molecular flexibility index (Phi) is 2.93. The normalized spacial score (nSPS) is 10.8. The van der Waals surface area contributed by atoms with E-state index in [1.165, 1.54) is 0 Å². The number of H-pyrrole nitrogens is 1. The molecule has 0 spiro atoms. The number of ether oxygens (including phenoxy) is 1. The summed E-state index contributed by atoms with van der Waals surface area (Å²) in [6.45, 7) is 0.511. The molecule has 0 unspecified atom stereocenters. The molecule has 0 saturated carbocycles. The van der Waals surface area contributed by atoms with Gasteiger partial charge in [0, 0.05) is 29.7 Å². The SMILES string of the molecule is COc1ccc2cc(-c3ccc(CN)cn3)[nH]c2c1. The van der Waals surface area contributed by atoms with Crippen molar-refractivity contribution >= 4 is 10.9 Å². The lowest BCUT2D eigenvalue weighted by atomic mass is 10.2. The smallest absolute Gasteiger partial charge is 0.120 e. The molecule has 2 aromatic heterocycles. The molecule has 0 amide bonds. The number of methoxy groups -OCH3 is 1. The number of rotatable bonds is 3. The van der Waals surface area contributed by atoms with E-state index >= 15 is 0 Å². The van der Waals surface area contributed by atoms with Gasteiger partial charge < -0.3 is 15.5 Å². The molecule has 3 rings (SSSR count). The fourth-order valence-corrected chi connectivity index (χ4v) is 2.08. The minimum Gasteiger partial charge on any atom is -0.497 e. The molecule has 0 saturated heterocycles. The number of nitrogens with zero attached hydrogens (tertiary/aromatic N) is 1. The van der Waals surface area contributed by atoms with E-state index in [1.54, 1.807) is 13.3 Å². The molecule has 19 heavy (non-hydrogen) atoms. The highest BCUT2D eigenvalue weighted by atomic mass is 16.5. The first-order valence-corrected chi connectivity index (χ1v) is 6.12. The maximum atomic E-state index is 5.57.